The molecular formula is C66H64F24N14Ni2O2P4. The average Bonchev–Trinajstić information content (AvgIpc) is 0.652. The van der Waals surface area contributed by atoms with Crippen molar-refractivity contribution in [3.8, 4) is 69.8 Å². The number of nitriles is 4. The van der Waals surface area contributed by atoms with Crippen LogP contribution in [0.4, 0.5) is 101 Å². The first kappa shape index (κ1) is 107. The predicted molar refractivity (Wildman–Crippen MR) is 372 cm³/mol. The summed E-state index contributed by atoms with van der Waals surface area (Å²) in [5.41, 5.74) is 10.4. The zero-order valence-electron chi connectivity index (χ0n) is 58.8. The summed E-state index contributed by atoms with van der Waals surface area (Å²) < 4.78 is 237. The van der Waals surface area contributed by atoms with Crippen molar-refractivity contribution < 1.29 is 143 Å². The standard InChI is InChI=1S/2C27H21N5.C4H10O2.4C2H3N.4F6P.2Ni/c2*1-27(24-14-4-7-19-30-24,25-15-8-12-22(31-25)20-10-2-5-17-28-20)26-16-9-13-23(32-26)21-11-3-6-18-29-21;1-3-5-6-4-2;4*1-2-3;4*1-7(2,3,4,5)6;;/h2*2-19H,1H3;3-4H2,1-2H3;4*1H3;;;;;;/q;;;;;;;4*-1;2*+2. The largest absolute Gasteiger partial charge is 2.00 e. The molecule has 0 saturated heterocycles. The second-order valence-corrected chi connectivity index (χ2v) is 28.4. The number of hydrogen-bond acceptors (Lipinski definition) is 16. The Hall–Kier alpha value is -9.59. The van der Waals surface area contributed by atoms with Crippen molar-refractivity contribution in [2.45, 2.75) is 66.2 Å². The predicted octanol–water partition coefficient (Wildman–Crippen LogP) is 27.3. The monoisotopic (exact) mass is 1780 g/mol. The molecule has 0 N–H and O–H groups in total. The Labute approximate surface area is 645 Å². The topological polar surface area (TPSA) is 243 Å². The van der Waals surface area contributed by atoms with Gasteiger partial charge in [0, 0.05) is 64.9 Å². The first-order valence-corrected chi connectivity index (χ1v) is 38.1. The Morgan fingerprint density at radius 1 is 0.259 bits per heavy atom. The van der Waals surface area contributed by atoms with E-state index in [4.69, 9.17) is 51.0 Å². The van der Waals surface area contributed by atoms with Crippen molar-refractivity contribution in [2.24, 2.45) is 0 Å². The maximum atomic E-state index is 9.87. The molecule has 10 aromatic heterocycles. The van der Waals surface area contributed by atoms with E-state index in [1.165, 1.54) is 27.7 Å². The van der Waals surface area contributed by atoms with Crippen LogP contribution in [0.3, 0.4) is 0 Å². The van der Waals surface area contributed by atoms with Crippen molar-refractivity contribution >= 4 is 31.2 Å². The molecule has 0 radical (unpaired) electrons. The minimum atomic E-state index is -10.7. The van der Waals surface area contributed by atoms with Crippen molar-refractivity contribution in [1.82, 2.24) is 49.8 Å². The Morgan fingerprint density at radius 3 is 0.536 bits per heavy atom. The van der Waals surface area contributed by atoms with E-state index < -0.39 is 42.1 Å². The molecule has 0 atom stereocenters. The van der Waals surface area contributed by atoms with Crippen LogP contribution in [0.15, 0.2) is 219 Å². The van der Waals surface area contributed by atoms with Gasteiger partial charge in [-0.3, -0.25) is 29.9 Å². The number of hydrogen-bond donors (Lipinski definition) is 0. The van der Waals surface area contributed by atoms with Gasteiger partial charge in [-0.2, -0.15) is 21.0 Å². The third-order valence-electron chi connectivity index (χ3n) is 11.4. The number of nitrogens with zero attached hydrogens (tertiary/aromatic N) is 14. The molecule has 0 aliphatic rings. The second-order valence-electron chi connectivity index (χ2n) is 20.7. The molecule has 10 rings (SSSR count). The molecule has 0 bridgehead atoms. The smallest absolute Gasteiger partial charge is 2.00 e. The van der Waals surface area contributed by atoms with Gasteiger partial charge in [-0.15, -0.1) is 0 Å². The minimum Gasteiger partial charge on any atom is 2.00 e. The molecule has 0 fully saturated rings. The fourth-order valence-corrected chi connectivity index (χ4v) is 7.75. The molecule has 618 valence electrons. The van der Waals surface area contributed by atoms with Gasteiger partial charge in [-0.1, -0.05) is 60.7 Å². The summed E-state index contributed by atoms with van der Waals surface area (Å²) in [5.74, 6) is 0. The third kappa shape index (κ3) is 55.7. The zero-order chi connectivity index (χ0) is 84.9. The summed E-state index contributed by atoms with van der Waals surface area (Å²) in [6, 6.07) is 66.2. The number of pyridine rings is 10. The Balaban J connectivity index is -0.00000136. The SMILES string of the molecule is CC#N.CC#N.CC#N.CC#N.CC(c1ccccn1)(c1cccc(-c2ccccn2)n1)c1cccc(-c2ccccn2)n1.CC(c1ccccn1)(c1cccc(-c2ccccn2)n1)c1cccc(-c2ccccn2)n1.CCOOCC.F[P-](F)(F)(F)(F)F.F[P-](F)(F)(F)(F)F.F[P-](F)(F)(F)(F)F.F[P-](F)(F)(F)(F)F.[Ni+2].[Ni+2]. The van der Waals surface area contributed by atoms with Crippen molar-refractivity contribution in [1.29, 1.82) is 21.0 Å². The van der Waals surface area contributed by atoms with E-state index in [0.29, 0.717) is 13.2 Å². The van der Waals surface area contributed by atoms with Crippen LogP contribution < -0.4 is 0 Å². The molecule has 0 spiro atoms. The third-order valence-corrected chi connectivity index (χ3v) is 11.4. The zero-order valence-corrected chi connectivity index (χ0v) is 64.3. The summed E-state index contributed by atoms with van der Waals surface area (Å²) >= 11 is 0. The van der Waals surface area contributed by atoms with Crippen LogP contribution in [0.25, 0.3) is 45.6 Å². The number of rotatable bonds is 13. The van der Waals surface area contributed by atoms with Crippen LogP contribution in [0.2, 0.25) is 0 Å². The first-order valence-electron chi connectivity index (χ1n) is 30.0. The molecule has 46 heteroatoms. The van der Waals surface area contributed by atoms with E-state index in [2.05, 4.69) is 43.6 Å². The fraction of sp³-hybridized carbons (Fsp3) is 0.182. The van der Waals surface area contributed by atoms with E-state index in [-0.39, 0.29) is 33.0 Å². The van der Waals surface area contributed by atoms with Crippen molar-refractivity contribution in [3.05, 3.63) is 253 Å². The van der Waals surface area contributed by atoms with Gasteiger partial charge in [-0.25, -0.2) is 29.7 Å². The molecular weight excluding hydrogens is 1720 g/mol. The van der Waals surface area contributed by atoms with Gasteiger partial charge in [0.15, 0.2) is 0 Å². The molecule has 0 aliphatic heterocycles. The van der Waals surface area contributed by atoms with Gasteiger partial charge in [-0.05, 0) is 149 Å². The summed E-state index contributed by atoms with van der Waals surface area (Å²) in [4.78, 5) is 56.3. The van der Waals surface area contributed by atoms with Gasteiger partial charge in [0.1, 0.15) is 0 Å². The number of halogens is 24. The van der Waals surface area contributed by atoms with Gasteiger partial charge in [0.25, 0.3) is 0 Å². The van der Waals surface area contributed by atoms with Crippen LogP contribution in [0.1, 0.15) is 89.6 Å². The molecule has 0 unspecified atom stereocenters. The maximum Gasteiger partial charge on any atom is 2.00 e. The van der Waals surface area contributed by atoms with Crippen LogP contribution >= 0.6 is 31.2 Å². The Kier molecular flexibility index (Phi) is 38.8. The average molecular weight is 1780 g/mol. The second kappa shape index (κ2) is 40.7. The van der Waals surface area contributed by atoms with Gasteiger partial charge < -0.3 is 0 Å². The van der Waals surface area contributed by atoms with Crippen molar-refractivity contribution in [2.75, 3.05) is 13.2 Å². The van der Waals surface area contributed by atoms with E-state index >= 15 is 0 Å². The molecule has 10 aromatic rings. The first-order chi connectivity index (χ1) is 49.9. The molecule has 10 heterocycles. The summed E-state index contributed by atoms with van der Waals surface area (Å²) in [5, 5.41) is 29.3. The summed E-state index contributed by atoms with van der Waals surface area (Å²) in [7, 11) is -42.6. The maximum absolute atomic E-state index is 10.7. The van der Waals surface area contributed by atoms with Crippen LogP contribution in [0.5, 0.6) is 0 Å². The molecule has 0 amide bonds. The fourth-order valence-electron chi connectivity index (χ4n) is 7.75. The number of aromatic nitrogens is 10. The Bertz CT molecular complexity index is 4050. The quantitative estimate of drug-likeness (QED) is 0.0260. The minimum absolute atomic E-state index is 0. The summed E-state index contributed by atoms with van der Waals surface area (Å²) in [6.07, 6.45) is 10.7. The molecule has 112 heavy (non-hydrogen) atoms. The van der Waals surface area contributed by atoms with Crippen molar-refractivity contribution in [3.63, 3.8) is 0 Å². The molecule has 16 nitrogen and oxygen atoms in total. The molecule has 0 saturated carbocycles. The normalized spacial score (nSPS) is 13.0. The molecule has 0 aliphatic carbocycles. The van der Waals surface area contributed by atoms with Gasteiger partial charge >= 0.3 is 165 Å². The van der Waals surface area contributed by atoms with Gasteiger partial charge in [0.2, 0.25) is 0 Å². The van der Waals surface area contributed by atoms with Gasteiger partial charge in [0.05, 0.1) is 128 Å². The van der Waals surface area contributed by atoms with E-state index in [1.54, 1.807) is 61.5 Å². The Morgan fingerprint density at radius 2 is 0.402 bits per heavy atom. The van der Waals surface area contributed by atoms with Crippen LogP contribution in [-0.2, 0) is 53.6 Å². The van der Waals surface area contributed by atoms with Crippen LogP contribution in [-0.4, -0.2) is 63.1 Å². The summed E-state index contributed by atoms with van der Waals surface area (Å²) in [6.45, 7) is 15.0. The molecule has 0 aromatic carbocycles. The van der Waals surface area contributed by atoms with E-state index in [0.717, 1.165) is 79.7 Å². The van der Waals surface area contributed by atoms with E-state index in [9.17, 15) is 101 Å². The van der Waals surface area contributed by atoms with Crippen LogP contribution in [0, 0.1) is 45.3 Å². The van der Waals surface area contributed by atoms with E-state index in [1.807, 2.05) is 196 Å².